The third kappa shape index (κ3) is 6.33. The van der Waals surface area contributed by atoms with Crippen molar-refractivity contribution >= 4 is 22.6 Å². The van der Waals surface area contributed by atoms with Crippen molar-refractivity contribution in [2.75, 3.05) is 11.9 Å². The summed E-state index contributed by atoms with van der Waals surface area (Å²) < 4.78 is 18.0. The van der Waals surface area contributed by atoms with Crippen LogP contribution in [0.25, 0.3) is 22.3 Å². The summed E-state index contributed by atoms with van der Waals surface area (Å²) in [5.41, 5.74) is 4.53. The van der Waals surface area contributed by atoms with Gasteiger partial charge in [0.15, 0.2) is 12.4 Å². The predicted octanol–water partition coefficient (Wildman–Crippen LogP) is 8.18. The first-order valence-corrected chi connectivity index (χ1v) is 13.5. The third-order valence-corrected chi connectivity index (χ3v) is 6.94. The molecule has 0 aliphatic heterocycles. The highest BCUT2D eigenvalue weighted by atomic mass is 16.5. The first-order chi connectivity index (χ1) is 19.6. The number of ether oxygens (including phenoxy) is 2. The van der Waals surface area contributed by atoms with Crippen molar-refractivity contribution in [3.05, 3.63) is 118 Å². The lowest BCUT2D eigenvalue weighted by atomic mass is 9.86. The average molecular weight is 548 g/mol. The normalized spacial score (nSPS) is 11.3. The molecular formula is C35H33NO5. The number of aryl methyl sites for hydroxylation is 2. The minimum absolute atomic E-state index is 0.00557. The zero-order valence-corrected chi connectivity index (χ0v) is 23.9. The summed E-state index contributed by atoms with van der Waals surface area (Å²) in [5, 5.41) is 3.22. The maximum Gasteiger partial charge on any atom is 0.262 e. The van der Waals surface area contributed by atoms with Gasteiger partial charge in [-0.3, -0.25) is 9.59 Å². The van der Waals surface area contributed by atoms with Crippen LogP contribution in [0.5, 0.6) is 17.2 Å². The van der Waals surface area contributed by atoms with Crippen LogP contribution in [0.3, 0.4) is 0 Å². The summed E-state index contributed by atoms with van der Waals surface area (Å²) >= 11 is 0. The van der Waals surface area contributed by atoms with Gasteiger partial charge in [-0.25, -0.2) is 0 Å². The molecule has 5 aromatic rings. The molecule has 6 nitrogen and oxygen atoms in total. The number of nitrogens with one attached hydrogen (secondary N) is 1. The number of hydrogen-bond acceptors (Lipinski definition) is 5. The molecule has 6 heteroatoms. The fraction of sp³-hybridized carbons (Fsp3) is 0.200. The molecule has 0 radical (unpaired) electrons. The number of rotatable bonds is 7. The Balaban J connectivity index is 1.38. The van der Waals surface area contributed by atoms with Crippen LogP contribution in [-0.4, -0.2) is 12.5 Å². The number of carbonyl (C=O) groups is 1. The van der Waals surface area contributed by atoms with Gasteiger partial charge in [-0.05, 0) is 84.5 Å². The zero-order chi connectivity index (χ0) is 29.1. The summed E-state index contributed by atoms with van der Waals surface area (Å²) in [6.45, 7) is 9.97. The summed E-state index contributed by atoms with van der Waals surface area (Å²) in [7, 11) is 0. The number of anilines is 1. The van der Waals surface area contributed by atoms with Gasteiger partial charge in [0.25, 0.3) is 5.91 Å². The van der Waals surface area contributed by atoms with Crippen LogP contribution >= 0.6 is 0 Å². The Labute approximate surface area is 239 Å². The van der Waals surface area contributed by atoms with E-state index in [0.29, 0.717) is 33.7 Å². The average Bonchev–Trinajstić information content (AvgIpc) is 2.95. The summed E-state index contributed by atoms with van der Waals surface area (Å²) in [5.74, 6) is 1.26. The smallest absolute Gasteiger partial charge is 0.262 e. The predicted molar refractivity (Wildman–Crippen MR) is 163 cm³/mol. The van der Waals surface area contributed by atoms with Crippen LogP contribution in [-0.2, 0) is 10.2 Å². The van der Waals surface area contributed by atoms with Crippen LogP contribution < -0.4 is 20.2 Å². The molecule has 0 spiro atoms. The minimum Gasteiger partial charge on any atom is -0.476 e. The van der Waals surface area contributed by atoms with Crippen molar-refractivity contribution in [1.29, 1.82) is 0 Å². The van der Waals surface area contributed by atoms with Gasteiger partial charge in [-0.2, -0.15) is 0 Å². The molecule has 5 rings (SSSR count). The van der Waals surface area contributed by atoms with Crippen molar-refractivity contribution in [2.45, 2.75) is 40.0 Å². The molecule has 1 N–H and O–H groups in total. The van der Waals surface area contributed by atoms with Crippen molar-refractivity contribution < 1.29 is 18.7 Å². The lowest BCUT2D eigenvalue weighted by Crippen LogP contribution is -2.22. The molecule has 0 aliphatic carbocycles. The molecule has 208 valence electrons. The third-order valence-electron chi connectivity index (χ3n) is 6.94. The minimum atomic E-state index is -0.407. The van der Waals surface area contributed by atoms with Gasteiger partial charge >= 0.3 is 0 Å². The van der Waals surface area contributed by atoms with Crippen molar-refractivity contribution in [1.82, 2.24) is 0 Å². The lowest BCUT2D eigenvalue weighted by molar-refractivity contribution is -0.118. The number of carbonyl (C=O) groups excluding carboxylic acids is 1. The van der Waals surface area contributed by atoms with E-state index in [-0.39, 0.29) is 23.2 Å². The van der Waals surface area contributed by atoms with Gasteiger partial charge in [0.05, 0.1) is 5.39 Å². The number of benzene rings is 4. The number of amides is 1. The van der Waals surface area contributed by atoms with Crippen LogP contribution in [0.2, 0.25) is 0 Å². The lowest BCUT2D eigenvalue weighted by Gasteiger charge is -2.19. The largest absolute Gasteiger partial charge is 0.476 e. The Hall–Kier alpha value is -4.84. The second kappa shape index (κ2) is 11.3. The molecule has 1 amide bonds. The van der Waals surface area contributed by atoms with E-state index in [1.165, 1.54) is 0 Å². The number of hydrogen-bond donors (Lipinski definition) is 1. The zero-order valence-electron chi connectivity index (χ0n) is 23.9. The quantitative estimate of drug-likeness (QED) is 0.222. The van der Waals surface area contributed by atoms with Crippen LogP contribution in [0.15, 0.2) is 100 Å². The van der Waals surface area contributed by atoms with Crippen molar-refractivity contribution in [3.63, 3.8) is 0 Å². The second-order valence-corrected chi connectivity index (χ2v) is 11.1. The monoisotopic (exact) mass is 547 g/mol. The molecule has 0 saturated heterocycles. The fourth-order valence-electron chi connectivity index (χ4n) is 4.44. The maximum absolute atomic E-state index is 13.6. The van der Waals surface area contributed by atoms with Gasteiger partial charge in [-0.1, -0.05) is 63.2 Å². The highest BCUT2D eigenvalue weighted by molar-refractivity contribution is 5.92. The molecule has 4 aromatic carbocycles. The van der Waals surface area contributed by atoms with E-state index in [0.717, 1.165) is 22.4 Å². The summed E-state index contributed by atoms with van der Waals surface area (Å²) in [6, 6.07) is 28.0. The van der Waals surface area contributed by atoms with Gasteiger partial charge in [0.1, 0.15) is 17.1 Å². The standard InChI is InChI=1S/C35H33NO5/c1-22-19-29-30(20-23(22)2)41-33(24-11-13-25(14-12-24)35(3,4)5)34(32(29)38)39-21-31(37)36-26-15-17-28(18-16-26)40-27-9-7-6-8-10-27/h6-20H,21H2,1-5H3,(H,36,37). The summed E-state index contributed by atoms with van der Waals surface area (Å²) in [4.78, 5) is 26.5. The molecule has 0 bridgehead atoms. The molecule has 0 aliphatic rings. The fourth-order valence-corrected chi connectivity index (χ4v) is 4.44. The topological polar surface area (TPSA) is 77.8 Å². The van der Waals surface area contributed by atoms with E-state index in [1.807, 2.05) is 74.5 Å². The van der Waals surface area contributed by atoms with Crippen LogP contribution in [0.1, 0.15) is 37.5 Å². The molecule has 0 saturated carbocycles. The van der Waals surface area contributed by atoms with Crippen LogP contribution in [0.4, 0.5) is 5.69 Å². The molecule has 1 heterocycles. The summed E-state index contributed by atoms with van der Waals surface area (Å²) in [6.07, 6.45) is 0. The van der Waals surface area contributed by atoms with E-state index in [9.17, 15) is 9.59 Å². The number of fused-ring (bicyclic) bond motifs is 1. The molecule has 41 heavy (non-hydrogen) atoms. The Kier molecular flexibility index (Phi) is 7.66. The molecular weight excluding hydrogens is 514 g/mol. The molecule has 1 aromatic heterocycles. The highest BCUT2D eigenvalue weighted by Gasteiger charge is 2.21. The van der Waals surface area contributed by atoms with E-state index in [4.69, 9.17) is 13.9 Å². The SMILES string of the molecule is Cc1cc2oc(-c3ccc(C(C)(C)C)cc3)c(OCC(=O)Nc3ccc(Oc4ccccc4)cc3)c(=O)c2cc1C. The van der Waals surface area contributed by atoms with Gasteiger partial charge in [-0.15, -0.1) is 0 Å². The Morgan fingerprint density at radius 3 is 2.12 bits per heavy atom. The van der Waals surface area contributed by atoms with Gasteiger partial charge < -0.3 is 19.2 Å². The van der Waals surface area contributed by atoms with E-state index >= 15 is 0 Å². The first-order valence-electron chi connectivity index (χ1n) is 13.5. The van der Waals surface area contributed by atoms with Crippen molar-refractivity contribution in [3.8, 4) is 28.6 Å². The van der Waals surface area contributed by atoms with E-state index in [2.05, 4.69) is 26.1 Å². The Morgan fingerprint density at radius 2 is 1.46 bits per heavy atom. The second-order valence-electron chi connectivity index (χ2n) is 11.1. The number of para-hydroxylation sites is 1. The molecule has 0 fully saturated rings. The van der Waals surface area contributed by atoms with E-state index in [1.54, 1.807) is 30.3 Å². The van der Waals surface area contributed by atoms with Crippen LogP contribution in [0, 0.1) is 13.8 Å². The Morgan fingerprint density at radius 1 is 0.829 bits per heavy atom. The van der Waals surface area contributed by atoms with Gasteiger partial charge in [0, 0.05) is 11.3 Å². The maximum atomic E-state index is 13.6. The van der Waals surface area contributed by atoms with E-state index < -0.39 is 5.91 Å². The highest BCUT2D eigenvalue weighted by Crippen LogP contribution is 2.33. The molecule has 0 unspecified atom stereocenters. The van der Waals surface area contributed by atoms with Crippen molar-refractivity contribution in [2.24, 2.45) is 0 Å². The van der Waals surface area contributed by atoms with Gasteiger partial charge in [0.2, 0.25) is 11.2 Å². The molecule has 0 atom stereocenters. The Bertz CT molecular complexity index is 1750. The first kappa shape index (κ1) is 27.7.